The molecule has 2 saturated heterocycles. The molecule has 1 aliphatic carbocycles. The van der Waals surface area contributed by atoms with Gasteiger partial charge < -0.3 is 14.4 Å². The monoisotopic (exact) mass is 498 g/mol. The molecule has 3 aromatic rings. The van der Waals surface area contributed by atoms with Crippen LogP contribution in [0.1, 0.15) is 36.8 Å². The highest BCUT2D eigenvalue weighted by Crippen LogP contribution is 2.44. The number of hydrogen-bond donors (Lipinski definition) is 0. The van der Waals surface area contributed by atoms with Crippen LogP contribution in [0, 0.1) is 30.5 Å². The second-order valence-electron chi connectivity index (χ2n) is 9.84. The van der Waals surface area contributed by atoms with Crippen molar-refractivity contribution in [2.75, 3.05) is 31.2 Å². The van der Waals surface area contributed by atoms with Crippen LogP contribution in [0.4, 0.5) is 10.2 Å². The Balaban J connectivity index is 1.21. The molecule has 2 aliphatic heterocycles. The maximum atomic E-state index is 13.6. The second kappa shape index (κ2) is 9.35. The molecule has 0 amide bonds. The van der Waals surface area contributed by atoms with Gasteiger partial charge in [-0.15, -0.1) is 0 Å². The number of benzene rings is 1. The topological polar surface area (TPSA) is 78.2 Å². The summed E-state index contributed by atoms with van der Waals surface area (Å²) in [6, 6.07) is 6.85. The number of fused-ring (bicyclic) bond motifs is 2. The fraction of sp³-hybridized carbons (Fsp3) is 0.520. The number of aromatic nitrogens is 5. The zero-order valence-corrected chi connectivity index (χ0v) is 20.4. The standard InChI is InChI=1S/C25H28ClFN6O2/c1-15-8-24(29-14-28-15)32-11-16-2-3-17(12-32)20(16)10-23-30-25(33(31-23)18-6-7-34-13-18)35-19-4-5-22(27)21(26)9-19/h4-5,8-9,14,16-18,20H,2-3,6-7,10-13H2,1H3/t16-,17+,18?,20?. The molecule has 35 heavy (non-hydrogen) atoms. The Morgan fingerprint density at radius 2 is 1.97 bits per heavy atom. The minimum atomic E-state index is -0.482. The molecule has 10 heteroatoms. The van der Waals surface area contributed by atoms with Crippen molar-refractivity contribution < 1.29 is 13.9 Å². The van der Waals surface area contributed by atoms with Gasteiger partial charge in [0.1, 0.15) is 23.7 Å². The average Bonchev–Trinajstić information content (AvgIpc) is 3.55. The van der Waals surface area contributed by atoms with E-state index >= 15 is 0 Å². The molecule has 3 aliphatic rings. The van der Waals surface area contributed by atoms with Crippen LogP contribution >= 0.6 is 11.6 Å². The number of ether oxygens (including phenoxy) is 2. The first-order valence-corrected chi connectivity index (χ1v) is 12.6. The summed E-state index contributed by atoms with van der Waals surface area (Å²) in [5.41, 5.74) is 0.991. The van der Waals surface area contributed by atoms with Crippen molar-refractivity contribution in [2.45, 2.75) is 38.6 Å². The number of halogens is 2. The number of hydrogen-bond acceptors (Lipinski definition) is 7. The van der Waals surface area contributed by atoms with E-state index in [0.717, 1.165) is 43.3 Å². The third-order valence-electron chi connectivity index (χ3n) is 7.56. The van der Waals surface area contributed by atoms with E-state index in [1.807, 2.05) is 11.6 Å². The molecule has 2 unspecified atom stereocenters. The van der Waals surface area contributed by atoms with Crippen LogP contribution < -0.4 is 9.64 Å². The molecule has 0 spiro atoms. The van der Waals surface area contributed by atoms with Gasteiger partial charge in [-0.2, -0.15) is 10.1 Å². The van der Waals surface area contributed by atoms with Gasteiger partial charge in [-0.05, 0) is 56.1 Å². The highest BCUT2D eigenvalue weighted by molar-refractivity contribution is 6.30. The van der Waals surface area contributed by atoms with E-state index in [4.69, 9.17) is 31.2 Å². The quantitative estimate of drug-likeness (QED) is 0.490. The summed E-state index contributed by atoms with van der Waals surface area (Å²) in [6.07, 6.45) is 5.74. The summed E-state index contributed by atoms with van der Waals surface area (Å²) in [6.45, 7) is 5.25. The average molecular weight is 499 g/mol. The van der Waals surface area contributed by atoms with Crippen molar-refractivity contribution in [3.05, 3.63) is 53.0 Å². The van der Waals surface area contributed by atoms with Gasteiger partial charge in [-0.1, -0.05) is 11.6 Å². The van der Waals surface area contributed by atoms with Gasteiger partial charge in [0, 0.05) is 43.9 Å². The Labute approximate surface area is 208 Å². The third kappa shape index (κ3) is 4.59. The Morgan fingerprint density at radius 3 is 2.69 bits per heavy atom. The summed E-state index contributed by atoms with van der Waals surface area (Å²) in [5.74, 6) is 3.43. The maximum absolute atomic E-state index is 13.6. The van der Waals surface area contributed by atoms with Crippen LogP contribution in [0.2, 0.25) is 5.02 Å². The molecule has 4 heterocycles. The number of rotatable bonds is 6. The molecule has 3 fully saturated rings. The maximum Gasteiger partial charge on any atom is 0.320 e. The molecule has 1 aromatic carbocycles. The Morgan fingerprint density at radius 1 is 1.14 bits per heavy atom. The number of aryl methyl sites for hydroxylation is 1. The lowest BCUT2D eigenvalue weighted by atomic mass is 9.82. The molecule has 0 N–H and O–H groups in total. The molecule has 8 nitrogen and oxygen atoms in total. The van der Waals surface area contributed by atoms with Gasteiger partial charge in [-0.3, -0.25) is 0 Å². The Hall–Kier alpha value is -2.78. The summed E-state index contributed by atoms with van der Waals surface area (Å²) in [7, 11) is 0. The second-order valence-corrected chi connectivity index (χ2v) is 10.2. The molecule has 1 saturated carbocycles. The van der Waals surface area contributed by atoms with E-state index in [1.54, 1.807) is 12.4 Å². The molecule has 6 rings (SSSR count). The largest absolute Gasteiger partial charge is 0.424 e. The highest BCUT2D eigenvalue weighted by atomic mass is 35.5. The van der Waals surface area contributed by atoms with Crippen LogP contribution in [-0.4, -0.2) is 51.0 Å². The van der Waals surface area contributed by atoms with E-state index in [1.165, 1.54) is 25.0 Å². The molecule has 0 radical (unpaired) electrons. The van der Waals surface area contributed by atoms with Crippen molar-refractivity contribution in [1.82, 2.24) is 24.7 Å². The molecular weight excluding hydrogens is 471 g/mol. The third-order valence-corrected chi connectivity index (χ3v) is 7.85. The zero-order chi connectivity index (χ0) is 23.9. The van der Waals surface area contributed by atoms with Gasteiger partial charge in [0.2, 0.25) is 0 Å². The zero-order valence-electron chi connectivity index (χ0n) is 19.6. The van der Waals surface area contributed by atoms with Crippen LogP contribution in [0.3, 0.4) is 0 Å². The fourth-order valence-electron chi connectivity index (χ4n) is 5.79. The SMILES string of the molecule is Cc1cc(N2C[C@H]3CC[C@@H](C2)C3Cc2nc(Oc3ccc(F)c(Cl)c3)n(C3CCOC3)n2)ncn1. The van der Waals surface area contributed by atoms with E-state index in [2.05, 4.69) is 20.9 Å². The molecule has 2 bridgehead atoms. The fourth-order valence-corrected chi connectivity index (χ4v) is 5.96. The minimum Gasteiger partial charge on any atom is -0.424 e. The summed E-state index contributed by atoms with van der Waals surface area (Å²) >= 11 is 5.95. The lowest BCUT2D eigenvalue weighted by Crippen LogP contribution is -2.43. The van der Waals surface area contributed by atoms with Crippen LogP contribution in [0.15, 0.2) is 30.6 Å². The summed E-state index contributed by atoms with van der Waals surface area (Å²) < 4.78 is 27.1. The summed E-state index contributed by atoms with van der Waals surface area (Å²) in [4.78, 5) is 15.9. The van der Waals surface area contributed by atoms with Gasteiger partial charge in [-0.25, -0.2) is 19.0 Å². The van der Waals surface area contributed by atoms with Gasteiger partial charge in [0.05, 0.1) is 17.7 Å². The number of nitrogens with zero attached hydrogens (tertiary/aromatic N) is 6. The van der Waals surface area contributed by atoms with Gasteiger partial charge in [0.25, 0.3) is 0 Å². The first-order valence-electron chi connectivity index (χ1n) is 12.2. The smallest absolute Gasteiger partial charge is 0.320 e. The van der Waals surface area contributed by atoms with Crippen molar-refractivity contribution in [3.8, 4) is 11.8 Å². The van der Waals surface area contributed by atoms with Crippen molar-refractivity contribution >= 4 is 17.4 Å². The van der Waals surface area contributed by atoms with E-state index in [9.17, 15) is 4.39 Å². The lowest BCUT2D eigenvalue weighted by Gasteiger charge is -2.38. The van der Waals surface area contributed by atoms with Gasteiger partial charge >= 0.3 is 6.01 Å². The first-order chi connectivity index (χ1) is 17.0. The van der Waals surface area contributed by atoms with Crippen molar-refractivity contribution in [1.29, 1.82) is 0 Å². The minimum absolute atomic E-state index is 0.0141. The molecule has 4 atom stereocenters. The van der Waals surface area contributed by atoms with E-state index in [0.29, 0.717) is 42.7 Å². The van der Waals surface area contributed by atoms with Crippen molar-refractivity contribution in [3.63, 3.8) is 0 Å². The van der Waals surface area contributed by atoms with Crippen molar-refractivity contribution in [2.24, 2.45) is 17.8 Å². The molecular formula is C25H28ClFN6O2. The van der Waals surface area contributed by atoms with E-state index in [-0.39, 0.29) is 11.1 Å². The number of piperidine rings is 1. The predicted octanol–water partition coefficient (Wildman–Crippen LogP) is 4.63. The lowest BCUT2D eigenvalue weighted by molar-refractivity contribution is 0.182. The molecule has 184 valence electrons. The van der Waals surface area contributed by atoms with Crippen LogP contribution in [0.5, 0.6) is 11.8 Å². The van der Waals surface area contributed by atoms with Gasteiger partial charge in [0.15, 0.2) is 5.82 Å². The normalized spacial score (nSPS) is 25.9. The number of anilines is 1. The Kier molecular flexibility index (Phi) is 6.06. The predicted molar refractivity (Wildman–Crippen MR) is 128 cm³/mol. The first kappa shape index (κ1) is 22.7. The highest BCUT2D eigenvalue weighted by Gasteiger charge is 2.43. The Bertz CT molecular complexity index is 1200. The van der Waals surface area contributed by atoms with Crippen LogP contribution in [0.25, 0.3) is 0 Å². The van der Waals surface area contributed by atoms with Crippen LogP contribution in [-0.2, 0) is 11.2 Å². The summed E-state index contributed by atoms with van der Waals surface area (Å²) in [5, 5.41) is 4.88. The van der Waals surface area contributed by atoms with E-state index < -0.39 is 5.82 Å². The molecule has 2 aromatic heterocycles.